The van der Waals surface area contributed by atoms with Crippen molar-refractivity contribution in [2.75, 3.05) is 6.61 Å². The Bertz CT molecular complexity index is 1520. The average molecular weight is 579 g/mol. The highest BCUT2D eigenvalue weighted by Gasteiger charge is 2.48. The molecule has 0 saturated carbocycles. The number of aryl methyl sites for hydroxylation is 2. The molecule has 0 atom stereocenters. The Kier molecular flexibility index (Phi) is 9.12. The van der Waals surface area contributed by atoms with Gasteiger partial charge in [0.15, 0.2) is 0 Å². The van der Waals surface area contributed by atoms with Gasteiger partial charge in [0.1, 0.15) is 17.1 Å². The molecule has 0 amide bonds. The minimum atomic E-state index is -2.43. The predicted octanol–water partition coefficient (Wildman–Crippen LogP) is 8.21. The summed E-state index contributed by atoms with van der Waals surface area (Å²) in [4.78, 5) is 17.4. The Morgan fingerprint density at radius 2 is 1.66 bits per heavy atom. The topological polar surface area (TPSA) is 73.6 Å². The van der Waals surface area contributed by atoms with E-state index in [2.05, 4.69) is 47.6 Å². The fourth-order valence-electron chi connectivity index (χ4n) is 6.55. The smallest absolute Gasteiger partial charge is 0.306 e. The standard InChI is InChI=1S/C33H43FN2O4Si/c1-9-39-29(37)15-14-26-27-17-24(16-23-10-12-25(34)13-11-23)18-35-31(27)32(30-28(26)19-36(8)33(30)38)40-41(20(2)3,21(4)5)22(6)7/h10-13,17-22,38H,9,14-16H2,1-8H3. The summed E-state index contributed by atoms with van der Waals surface area (Å²) in [5, 5.41) is 13.7. The second kappa shape index (κ2) is 12.2. The lowest BCUT2D eigenvalue weighted by atomic mass is 9.95. The van der Waals surface area contributed by atoms with Crippen molar-refractivity contribution in [3.63, 3.8) is 0 Å². The third-order valence-corrected chi connectivity index (χ3v) is 14.4. The minimum Gasteiger partial charge on any atom is -0.541 e. The van der Waals surface area contributed by atoms with Crippen LogP contribution in [0.15, 0.2) is 42.7 Å². The van der Waals surface area contributed by atoms with E-state index in [9.17, 15) is 14.3 Å². The molecule has 0 fully saturated rings. The lowest BCUT2D eigenvalue weighted by molar-refractivity contribution is -0.143. The number of carbonyl (C=O) groups is 1. The van der Waals surface area contributed by atoms with Crippen LogP contribution in [0.4, 0.5) is 4.39 Å². The number of hydrogen-bond donors (Lipinski definition) is 1. The molecule has 0 bridgehead atoms. The summed E-state index contributed by atoms with van der Waals surface area (Å²) in [7, 11) is -0.621. The number of carbonyl (C=O) groups excluding carboxylic acids is 1. The summed E-state index contributed by atoms with van der Waals surface area (Å²) in [6.07, 6.45) is 4.96. The van der Waals surface area contributed by atoms with Crippen LogP contribution in [0.1, 0.15) is 71.6 Å². The molecule has 8 heteroatoms. The number of benzene rings is 2. The van der Waals surface area contributed by atoms with E-state index in [4.69, 9.17) is 14.1 Å². The number of aromatic nitrogens is 2. The van der Waals surface area contributed by atoms with Gasteiger partial charge in [-0.05, 0) is 71.3 Å². The third kappa shape index (κ3) is 5.84. The van der Waals surface area contributed by atoms with Gasteiger partial charge in [-0.25, -0.2) is 4.39 Å². The van der Waals surface area contributed by atoms with Gasteiger partial charge in [-0.3, -0.25) is 9.78 Å². The summed E-state index contributed by atoms with van der Waals surface area (Å²) in [5.74, 6) is 0.193. The molecule has 2 aromatic carbocycles. The normalized spacial score (nSPS) is 12.3. The van der Waals surface area contributed by atoms with Crippen LogP contribution in [-0.4, -0.2) is 35.6 Å². The van der Waals surface area contributed by atoms with Crippen molar-refractivity contribution in [3.05, 3.63) is 65.2 Å². The van der Waals surface area contributed by atoms with Crippen LogP contribution in [-0.2, 0) is 29.4 Å². The lowest BCUT2D eigenvalue weighted by Gasteiger charge is -2.42. The molecule has 0 radical (unpaired) electrons. The molecule has 0 saturated heterocycles. The molecule has 2 aromatic heterocycles. The number of ether oxygens (including phenoxy) is 1. The van der Waals surface area contributed by atoms with E-state index in [1.165, 1.54) is 12.1 Å². The second-order valence-corrected chi connectivity index (χ2v) is 17.3. The third-order valence-electron chi connectivity index (χ3n) is 8.38. The van der Waals surface area contributed by atoms with Crippen molar-refractivity contribution in [1.82, 2.24) is 9.55 Å². The molecule has 0 aliphatic carbocycles. The zero-order valence-electron chi connectivity index (χ0n) is 25.5. The monoisotopic (exact) mass is 578 g/mol. The molecular formula is C33H43FN2O4Si. The van der Waals surface area contributed by atoms with Crippen LogP contribution in [0, 0.1) is 5.82 Å². The van der Waals surface area contributed by atoms with Gasteiger partial charge in [0.25, 0.3) is 8.32 Å². The van der Waals surface area contributed by atoms with E-state index in [1.807, 2.05) is 19.4 Å². The molecule has 220 valence electrons. The maximum Gasteiger partial charge on any atom is 0.306 e. The zero-order chi connectivity index (χ0) is 30.1. The van der Waals surface area contributed by atoms with Crippen molar-refractivity contribution < 1.29 is 23.5 Å². The summed E-state index contributed by atoms with van der Waals surface area (Å²) in [6.45, 7) is 15.5. The molecule has 0 aliphatic rings. The van der Waals surface area contributed by atoms with Gasteiger partial charge in [-0.15, -0.1) is 0 Å². The van der Waals surface area contributed by atoms with Gasteiger partial charge in [-0.1, -0.05) is 53.7 Å². The number of halogens is 1. The van der Waals surface area contributed by atoms with Crippen molar-refractivity contribution in [3.8, 4) is 11.6 Å². The molecular weight excluding hydrogens is 535 g/mol. The van der Waals surface area contributed by atoms with Crippen LogP contribution in [0.25, 0.3) is 21.7 Å². The van der Waals surface area contributed by atoms with E-state index < -0.39 is 8.32 Å². The van der Waals surface area contributed by atoms with E-state index in [-0.39, 0.29) is 24.1 Å². The van der Waals surface area contributed by atoms with Crippen LogP contribution < -0.4 is 4.43 Å². The number of rotatable bonds is 11. The first-order chi connectivity index (χ1) is 19.4. The highest BCUT2D eigenvalue weighted by molar-refractivity contribution is 6.78. The average Bonchev–Trinajstić information content (AvgIpc) is 3.20. The summed E-state index contributed by atoms with van der Waals surface area (Å²) < 4.78 is 27.7. The fraction of sp³-hybridized carbons (Fsp3) is 0.455. The van der Waals surface area contributed by atoms with Crippen LogP contribution >= 0.6 is 0 Å². The van der Waals surface area contributed by atoms with Crippen molar-refractivity contribution >= 4 is 36.0 Å². The Morgan fingerprint density at radius 1 is 1.02 bits per heavy atom. The highest BCUT2D eigenvalue weighted by atomic mass is 28.4. The fourth-order valence-corrected chi connectivity index (χ4v) is 11.8. The zero-order valence-corrected chi connectivity index (χ0v) is 26.5. The van der Waals surface area contributed by atoms with E-state index in [0.717, 1.165) is 27.5 Å². The Labute approximate surface area is 243 Å². The molecule has 0 aliphatic heterocycles. The maximum atomic E-state index is 13.5. The molecule has 0 unspecified atom stereocenters. The quantitative estimate of drug-likeness (QED) is 0.143. The predicted molar refractivity (Wildman–Crippen MR) is 166 cm³/mol. The van der Waals surface area contributed by atoms with E-state index in [0.29, 0.717) is 52.7 Å². The van der Waals surface area contributed by atoms with Crippen LogP contribution in [0.5, 0.6) is 11.6 Å². The van der Waals surface area contributed by atoms with Gasteiger partial charge >= 0.3 is 5.97 Å². The lowest BCUT2D eigenvalue weighted by Crippen LogP contribution is -2.50. The second-order valence-electron chi connectivity index (χ2n) is 11.9. The largest absolute Gasteiger partial charge is 0.541 e. The number of hydrogen-bond acceptors (Lipinski definition) is 5. The van der Waals surface area contributed by atoms with Crippen LogP contribution in [0.2, 0.25) is 16.6 Å². The van der Waals surface area contributed by atoms with E-state index >= 15 is 0 Å². The Hall–Kier alpha value is -3.39. The van der Waals surface area contributed by atoms with Crippen molar-refractivity contribution in [2.45, 2.75) is 84.4 Å². The first-order valence-corrected chi connectivity index (χ1v) is 16.7. The SMILES string of the molecule is CCOC(=O)CCc1c2cc(Cc3ccc(F)cc3)cnc2c(O[Si](C(C)C)(C(C)C)C(C)C)c2c(O)n(C)cc12. The maximum absolute atomic E-state index is 13.5. The van der Waals surface area contributed by atoms with Gasteiger partial charge in [0.2, 0.25) is 5.88 Å². The summed E-state index contributed by atoms with van der Waals surface area (Å²) in [6, 6.07) is 8.59. The van der Waals surface area contributed by atoms with Gasteiger partial charge < -0.3 is 18.8 Å². The van der Waals surface area contributed by atoms with Gasteiger partial charge in [-0.2, -0.15) is 0 Å². The molecule has 1 N–H and O–H groups in total. The van der Waals surface area contributed by atoms with Crippen LogP contribution in [0.3, 0.4) is 0 Å². The Morgan fingerprint density at radius 3 is 2.24 bits per heavy atom. The number of esters is 1. The molecule has 4 aromatic rings. The van der Waals surface area contributed by atoms with Gasteiger partial charge in [0, 0.05) is 36.6 Å². The first-order valence-electron chi connectivity index (χ1n) is 14.6. The molecule has 4 rings (SSSR count). The number of nitrogens with zero attached hydrogens (tertiary/aromatic N) is 2. The van der Waals surface area contributed by atoms with Crippen molar-refractivity contribution in [2.24, 2.45) is 7.05 Å². The number of pyridine rings is 1. The van der Waals surface area contributed by atoms with Crippen molar-refractivity contribution in [1.29, 1.82) is 0 Å². The Balaban J connectivity index is 2.01. The highest BCUT2D eigenvalue weighted by Crippen LogP contribution is 2.49. The summed E-state index contributed by atoms with van der Waals surface area (Å²) >= 11 is 0. The number of aromatic hydroxyl groups is 1. The molecule has 2 heterocycles. The number of fused-ring (bicyclic) bond motifs is 2. The summed E-state index contributed by atoms with van der Waals surface area (Å²) in [5.41, 5.74) is 4.50. The minimum absolute atomic E-state index is 0.116. The molecule has 0 spiro atoms. The molecule has 6 nitrogen and oxygen atoms in total. The first kappa shape index (κ1) is 30.6. The van der Waals surface area contributed by atoms with E-state index in [1.54, 1.807) is 23.6 Å². The van der Waals surface area contributed by atoms with Gasteiger partial charge in [0.05, 0.1) is 12.0 Å². The molecule has 41 heavy (non-hydrogen) atoms.